The van der Waals surface area contributed by atoms with Crippen LogP contribution in [-0.4, -0.2) is 13.2 Å². The van der Waals surface area contributed by atoms with Crippen molar-refractivity contribution in [2.24, 2.45) is 0 Å². The zero-order chi connectivity index (χ0) is 13.9. The van der Waals surface area contributed by atoms with Gasteiger partial charge in [0.15, 0.2) is 6.29 Å². The van der Waals surface area contributed by atoms with Crippen molar-refractivity contribution in [3.63, 3.8) is 0 Å². The maximum Gasteiger partial charge on any atom is 0.183 e. The van der Waals surface area contributed by atoms with Crippen LogP contribution < -0.4 is 0 Å². The maximum atomic E-state index is 13.5. The third-order valence-corrected chi connectivity index (χ3v) is 4.03. The molecular weight excluding hydrogens is 323 g/mol. The Hall–Kier alpha value is -1.23. The van der Waals surface area contributed by atoms with Crippen LogP contribution in [0.4, 0.5) is 4.39 Å². The molecule has 3 rings (SSSR count). The lowest BCUT2D eigenvalue weighted by Crippen LogP contribution is -2.25. The molecule has 2 nitrogen and oxygen atoms in total. The summed E-state index contributed by atoms with van der Waals surface area (Å²) in [5.41, 5.74) is 1.91. The molecule has 1 fully saturated rings. The Morgan fingerprint density at radius 1 is 0.950 bits per heavy atom. The number of ether oxygens (including phenoxy) is 2. The van der Waals surface area contributed by atoms with E-state index in [2.05, 4.69) is 28.1 Å². The summed E-state index contributed by atoms with van der Waals surface area (Å²) in [5, 5.41) is 0. The number of halogens is 2. The number of hydrogen-bond acceptors (Lipinski definition) is 2. The molecule has 1 aliphatic rings. The fraction of sp³-hybridized carbons (Fsp3) is 0.250. The summed E-state index contributed by atoms with van der Waals surface area (Å²) in [4.78, 5) is 0. The van der Waals surface area contributed by atoms with Crippen LogP contribution in [0, 0.1) is 5.82 Å². The number of hydrogen-bond donors (Lipinski definition) is 0. The van der Waals surface area contributed by atoms with Gasteiger partial charge in [0.1, 0.15) is 5.82 Å². The fourth-order valence-electron chi connectivity index (χ4n) is 2.27. The van der Waals surface area contributed by atoms with Gasteiger partial charge in [-0.25, -0.2) is 4.39 Å². The van der Waals surface area contributed by atoms with E-state index in [0.717, 1.165) is 0 Å². The molecule has 1 saturated heterocycles. The Morgan fingerprint density at radius 3 is 2.30 bits per heavy atom. The largest absolute Gasteiger partial charge is 0.348 e. The van der Waals surface area contributed by atoms with Crippen molar-refractivity contribution in [1.82, 2.24) is 0 Å². The number of rotatable bonds is 2. The zero-order valence-electron chi connectivity index (χ0n) is 10.8. The van der Waals surface area contributed by atoms with Crippen molar-refractivity contribution in [2.75, 3.05) is 13.2 Å². The first kappa shape index (κ1) is 13.7. The van der Waals surface area contributed by atoms with Gasteiger partial charge in [0.25, 0.3) is 0 Å². The van der Waals surface area contributed by atoms with Crippen LogP contribution >= 0.6 is 15.9 Å². The minimum Gasteiger partial charge on any atom is -0.348 e. The second-order valence-electron chi connectivity index (χ2n) is 4.78. The quantitative estimate of drug-likeness (QED) is 0.808. The smallest absolute Gasteiger partial charge is 0.183 e. The van der Waals surface area contributed by atoms with E-state index >= 15 is 0 Å². The highest BCUT2D eigenvalue weighted by molar-refractivity contribution is 9.10. The molecule has 0 N–H and O–H groups in total. The van der Waals surface area contributed by atoms with Gasteiger partial charge in [-0.3, -0.25) is 0 Å². The minimum absolute atomic E-state index is 0.229. The van der Waals surface area contributed by atoms with Crippen LogP contribution in [0.1, 0.15) is 23.3 Å². The van der Waals surface area contributed by atoms with Gasteiger partial charge in [0, 0.05) is 11.5 Å². The lowest BCUT2D eigenvalue weighted by Gasteiger charge is -2.30. The Labute approximate surface area is 125 Å². The summed E-state index contributed by atoms with van der Waals surface area (Å²) < 4.78 is 25.4. The van der Waals surface area contributed by atoms with Crippen molar-refractivity contribution >= 4 is 15.9 Å². The summed E-state index contributed by atoms with van der Waals surface area (Å²) in [6.45, 7) is 1.15. The van der Waals surface area contributed by atoms with E-state index in [9.17, 15) is 4.39 Å². The molecule has 0 unspecified atom stereocenters. The Kier molecular flexibility index (Phi) is 4.15. The van der Waals surface area contributed by atoms with Crippen LogP contribution in [0.2, 0.25) is 0 Å². The van der Waals surface area contributed by atoms with E-state index in [0.29, 0.717) is 23.2 Å². The topological polar surface area (TPSA) is 18.5 Å². The van der Waals surface area contributed by atoms with Gasteiger partial charge in [-0.2, -0.15) is 0 Å². The Balaban J connectivity index is 1.68. The van der Waals surface area contributed by atoms with E-state index in [-0.39, 0.29) is 11.7 Å². The molecule has 0 aromatic heterocycles. The van der Waals surface area contributed by atoms with Crippen molar-refractivity contribution in [1.29, 1.82) is 0 Å². The van der Waals surface area contributed by atoms with Gasteiger partial charge in [0.05, 0.1) is 17.7 Å². The summed E-state index contributed by atoms with van der Waals surface area (Å²) >= 11 is 3.14. The second-order valence-corrected chi connectivity index (χ2v) is 5.63. The predicted molar refractivity (Wildman–Crippen MR) is 77.9 cm³/mol. The molecule has 0 radical (unpaired) electrons. The third kappa shape index (κ3) is 2.92. The van der Waals surface area contributed by atoms with Gasteiger partial charge in [-0.15, -0.1) is 0 Å². The van der Waals surface area contributed by atoms with Crippen LogP contribution in [0.25, 0.3) is 0 Å². The molecule has 0 atom stereocenters. The van der Waals surface area contributed by atoms with Gasteiger partial charge in [-0.1, -0.05) is 36.4 Å². The van der Waals surface area contributed by atoms with Crippen LogP contribution in [-0.2, 0) is 9.47 Å². The van der Waals surface area contributed by atoms with Crippen molar-refractivity contribution < 1.29 is 13.9 Å². The monoisotopic (exact) mass is 336 g/mol. The molecule has 104 valence electrons. The first-order chi connectivity index (χ1) is 9.74. The number of benzene rings is 2. The average molecular weight is 337 g/mol. The Morgan fingerprint density at radius 2 is 1.65 bits per heavy atom. The highest BCUT2D eigenvalue weighted by Crippen LogP contribution is 2.31. The third-order valence-electron chi connectivity index (χ3n) is 3.38. The standard InChI is InChI=1S/C16H14BrFO2/c17-14-7-6-12(8-15(14)18)16-19-9-13(10-20-16)11-4-2-1-3-5-11/h1-8,13,16H,9-10H2/t13-,16+. The molecule has 2 aromatic rings. The molecule has 1 heterocycles. The summed E-state index contributed by atoms with van der Waals surface area (Å²) in [5.74, 6) is -0.0763. The van der Waals surface area contributed by atoms with Crippen LogP contribution in [0.3, 0.4) is 0 Å². The normalized spacial score (nSPS) is 22.7. The van der Waals surface area contributed by atoms with E-state index < -0.39 is 6.29 Å². The van der Waals surface area contributed by atoms with Crippen LogP contribution in [0.15, 0.2) is 53.0 Å². The highest BCUT2D eigenvalue weighted by Gasteiger charge is 2.25. The summed E-state index contributed by atoms with van der Waals surface area (Å²) in [6, 6.07) is 15.0. The van der Waals surface area contributed by atoms with E-state index in [4.69, 9.17) is 9.47 Å². The molecule has 0 amide bonds. The first-order valence-corrected chi connectivity index (χ1v) is 7.26. The van der Waals surface area contributed by atoms with Crippen LogP contribution in [0.5, 0.6) is 0 Å². The van der Waals surface area contributed by atoms with E-state index in [1.54, 1.807) is 12.1 Å². The molecule has 4 heteroatoms. The molecule has 1 aliphatic heterocycles. The molecule has 0 aliphatic carbocycles. The minimum atomic E-state index is -0.488. The molecule has 0 spiro atoms. The molecule has 2 aromatic carbocycles. The lowest BCUT2D eigenvalue weighted by atomic mass is 10.0. The fourth-order valence-corrected chi connectivity index (χ4v) is 2.52. The lowest BCUT2D eigenvalue weighted by molar-refractivity contribution is -0.191. The predicted octanol–water partition coefficient (Wildman–Crippen LogP) is 4.42. The molecule has 0 bridgehead atoms. The SMILES string of the molecule is Fc1cc([C@H]2OC[C@@H](c3ccccc3)CO2)ccc1Br. The van der Waals surface area contributed by atoms with E-state index in [1.807, 2.05) is 18.2 Å². The van der Waals surface area contributed by atoms with Gasteiger partial charge < -0.3 is 9.47 Å². The first-order valence-electron chi connectivity index (χ1n) is 6.47. The molecular formula is C16H14BrFO2. The molecule has 0 saturated carbocycles. The van der Waals surface area contributed by atoms with Gasteiger partial charge >= 0.3 is 0 Å². The van der Waals surface area contributed by atoms with Crippen molar-refractivity contribution in [2.45, 2.75) is 12.2 Å². The van der Waals surface area contributed by atoms with E-state index in [1.165, 1.54) is 11.6 Å². The maximum absolute atomic E-state index is 13.5. The van der Waals surface area contributed by atoms with Gasteiger partial charge in [0.2, 0.25) is 0 Å². The van der Waals surface area contributed by atoms with Gasteiger partial charge in [-0.05, 0) is 33.6 Å². The molecule has 20 heavy (non-hydrogen) atoms. The van der Waals surface area contributed by atoms with Crippen molar-refractivity contribution in [3.8, 4) is 0 Å². The average Bonchev–Trinajstić information content (AvgIpc) is 2.51. The second kappa shape index (κ2) is 6.04. The summed E-state index contributed by atoms with van der Waals surface area (Å²) in [7, 11) is 0. The highest BCUT2D eigenvalue weighted by atomic mass is 79.9. The summed E-state index contributed by atoms with van der Waals surface area (Å²) in [6.07, 6.45) is -0.488. The zero-order valence-corrected chi connectivity index (χ0v) is 12.3. The van der Waals surface area contributed by atoms with Crippen molar-refractivity contribution in [3.05, 3.63) is 69.9 Å². The Bertz CT molecular complexity index is 580.